The highest BCUT2D eigenvalue weighted by atomic mass is 32.2. The van der Waals surface area contributed by atoms with Crippen molar-refractivity contribution in [3.63, 3.8) is 0 Å². The smallest absolute Gasteiger partial charge is 0.306 e. The second-order valence-electron chi connectivity index (χ2n) is 3.60. The molecule has 0 aliphatic carbocycles. The van der Waals surface area contributed by atoms with Crippen molar-refractivity contribution in [1.82, 2.24) is 4.72 Å². The lowest BCUT2D eigenvalue weighted by atomic mass is 10.3. The van der Waals surface area contributed by atoms with E-state index in [1.165, 1.54) is 30.3 Å². The van der Waals surface area contributed by atoms with E-state index in [0.717, 1.165) is 0 Å². The molecule has 2 N–H and O–H groups in total. The summed E-state index contributed by atoms with van der Waals surface area (Å²) in [6.07, 6.45) is 1.34. The zero-order valence-electron chi connectivity index (χ0n) is 10.2. The van der Waals surface area contributed by atoms with Gasteiger partial charge in [0.25, 0.3) is 0 Å². The van der Waals surface area contributed by atoms with Gasteiger partial charge in [0.05, 0.1) is 17.9 Å². The first kappa shape index (κ1) is 15.2. The molecule has 0 heterocycles. The van der Waals surface area contributed by atoms with Crippen molar-refractivity contribution in [3.05, 3.63) is 36.9 Å². The summed E-state index contributed by atoms with van der Waals surface area (Å²) < 4.78 is 30.9. The van der Waals surface area contributed by atoms with E-state index in [9.17, 15) is 13.2 Å². The molecular formula is C12H15NO5S. The van der Waals surface area contributed by atoms with Crippen LogP contribution in [0.1, 0.15) is 6.42 Å². The van der Waals surface area contributed by atoms with Gasteiger partial charge >= 0.3 is 5.97 Å². The molecule has 0 radical (unpaired) electrons. The average molecular weight is 285 g/mol. The van der Waals surface area contributed by atoms with Gasteiger partial charge < -0.3 is 9.84 Å². The van der Waals surface area contributed by atoms with Crippen molar-refractivity contribution in [3.8, 4) is 5.75 Å². The minimum absolute atomic E-state index is 0.0378. The fourth-order valence-corrected chi connectivity index (χ4v) is 2.22. The molecular weight excluding hydrogens is 270 g/mol. The van der Waals surface area contributed by atoms with Gasteiger partial charge in [-0.1, -0.05) is 6.08 Å². The summed E-state index contributed by atoms with van der Waals surface area (Å²) in [6.45, 7) is 3.61. The third-order valence-corrected chi connectivity index (χ3v) is 3.58. The number of carboxylic acids is 1. The number of aliphatic carboxylic acids is 1. The number of ether oxygens (including phenoxy) is 1. The third kappa shape index (κ3) is 5.11. The van der Waals surface area contributed by atoms with Crippen LogP contribution in [-0.2, 0) is 14.8 Å². The predicted octanol–water partition coefficient (Wildman–Crippen LogP) is 1.00. The summed E-state index contributed by atoms with van der Waals surface area (Å²) in [7, 11) is -3.54. The average Bonchev–Trinajstić information content (AvgIpc) is 2.37. The van der Waals surface area contributed by atoms with Crippen LogP contribution in [0.3, 0.4) is 0 Å². The lowest BCUT2D eigenvalue weighted by Gasteiger charge is -2.07. The first-order chi connectivity index (χ1) is 8.95. The summed E-state index contributed by atoms with van der Waals surface area (Å²) in [6, 6.07) is 5.73. The van der Waals surface area contributed by atoms with Crippen LogP contribution in [0.4, 0.5) is 0 Å². The van der Waals surface area contributed by atoms with E-state index >= 15 is 0 Å². The van der Waals surface area contributed by atoms with E-state index < -0.39 is 16.0 Å². The maximum absolute atomic E-state index is 11.7. The SMILES string of the molecule is C=CCNS(=O)(=O)c1ccc(OCCC(=O)O)cc1. The van der Waals surface area contributed by atoms with Crippen molar-refractivity contribution < 1.29 is 23.1 Å². The first-order valence-electron chi connectivity index (χ1n) is 5.51. The third-order valence-electron chi connectivity index (χ3n) is 2.14. The second-order valence-corrected chi connectivity index (χ2v) is 5.37. The van der Waals surface area contributed by atoms with Gasteiger partial charge in [0.1, 0.15) is 5.75 Å². The van der Waals surface area contributed by atoms with Gasteiger partial charge in [-0.3, -0.25) is 4.79 Å². The Labute approximate surface area is 111 Å². The molecule has 0 fully saturated rings. The Kier molecular flexibility index (Phi) is 5.53. The minimum Gasteiger partial charge on any atom is -0.493 e. The number of carboxylic acid groups (broad SMARTS) is 1. The van der Waals surface area contributed by atoms with Crippen molar-refractivity contribution in [1.29, 1.82) is 0 Å². The highest BCUT2D eigenvalue weighted by Gasteiger charge is 2.12. The molecule has 0 aliphatic heterocycles. The predicted molar refractivity (Wildman–Crippen MR) is 69.6 cm³/mol. The number of carbonyl (C=O) groups is 1. The van der Waals surface area contributed by atoms with Gasteiger partial charge in [0.2, 0.25) is 10.0 Å². The highest BCUT2D eigenvalue weighted by Crippen LogP contribution is 2.15. The Morgan fingerprint density at radius 3 is 2.53 bits per heavy atom. The molecule has 0 saturated heterocycles. The van der Waals surface area contributed by atoms with E-state index in [-0.39, 0.29) is 24.5 Å². The molecule has 7 heteroatoms. The van der Waals surface area contributed by atoms with Gasteiger partial charge in [-0.2, -0.15) is 0 Å². The summed E-state index contributed by atoms with van der Waals surface area (Å²) in [5, 5.41) is 8.45. The van der Waals surface area contributed by atoms with Crippen LogP contribution in [0.2, 0.25) is 0 Å². The van der Waals surface area contributed by atoms with Crippen LogP contribution >= 0.6 is 0 Å². The zero-order chi connectivity index (χ0) is 14.3. The summed E-state index contributed by atoms with van der Waals surface area (Å²) in [5.74, 6) is -0.531. The monoisotopic (exact) mass is 285 g/mol. The molecule has 1 rings (SSSR count). The molecule has 0 saturated carbocycles. The molecule has 0 unspecified atom stereocenters. The number of hydrogen-bond donors (Lipinski definition) is 2. The van der Waals surface area contributed by atoms with E-state index in [2.05, 4.69) is 11.3 Å². The normalized spacial score (nSPS) is 10.9. The Morgan fingerprint density at radius 2 is 2.00 bits per heavy atom. The number of benzene rings is 1. The molecule has 6 nitrogen and oxygen atoms in total. The van der Waals surface area contributed by atoms with Crippen molar-refractivity contribution in [2.24, 2.45) is 0 Å². The molecule has 0 aliphatic rings. The van der Waals surface area contributed by atoms with Crippen LogP contribution in [-0.4, -0.2) is 32.6 Å². The van der Waals surface area contributed by atoms with Gasteiger partial charge in [-0.15, -0.1) is 6.58 Å². The number of nitrogens with one attached hydrogen (secondary N) is 1. The lowest BCUT2D eigenvalue weighted by Crippen LogP contribution is -2.23. The molecule has 19 heavy (non-hydrogen) atoms. The van der Waals surface area contributed by atoms with Crippen LogP contribution in [0.15, 0.2) is 41.8 Å². The van der Waals surface area contributed by atoms with E-state index in [0.29, 0.717) is 5.75 Å². The number of hydrogen-bond acceptors (Lipinski definition) is 4. The summed E-state index contributed by atoms with van der Waals surface area (Å²) >= 11 is 0. The lowest BCUT2D eigenvalue weighted by molar-refractivity contribution is -0.137. The van der Waals surface area contributed by atoms with E-state index in [4.69, 9.17) is 9.84 Å². The molecule has 0 atom stereocenters. The first-order valence-corrected chi connectivity index (χ1v) is 6.99. The molecule has 0 bridgehead atoms. The molecule has 0 aromatic heterocycles. The maximum atomic E-state index is 11.7. The van der Waals surface area contributed by atoms with Gasteiger partial charge in [0, 0.05) is 6.54 Å². The van der Waals surface area contributed by atoms with Crippen molar-refractivity contribution >= 4 is 16.0 Å². The second kappa shape index (κ2) is 6.91. The van der Waals surface area contributed by atoms with Crippen LogP contribution in [0.25, 0.3) is 0 Å². The minimum atomic E-state index is -3.54. The zero-order valence-corrected chi connectivity index (χ0v) is 11.0. The van der Waals surface area contributed by atoms with Gasteiger partial charge in [0.15, 0.2) is 0 Å². The van der Waals surface area contributed by atoms with Crippen LogP contribution in [0, 0.1) is 0 Å². The fourth-order valence-electron chi connectivity index (χ4n) is 1.22. The van der Waals surface area contributed by atoms with E-state index in [1.807, 2.05) is 0 Å². The fraction of sp³-hybridized carbons (Fsp3) is 0.250. The Balaban J connectivity index is 2.65. The van der Waals surface area contributed by atoms with E-state index in [1.54, 1.807) is 0 Å². The quantitative estimate of drug-likeness (QED) is 0.695. The number of rotatable bonds is 8. The van der Waals surface area contributed by atoms with Crippen molar-refractivity contribution in [2.45, 2.75) is 11.3 Å². The summed E-state index contributed by atoms with van der Waals surface area (Å²) in [5.41, 5.74) is 0. The van der Waals surface area contributed by atoms with Gasteiger partial charge in [-0.25, -0.2) is 13.1 Å². The van der Waals surface area contributed by atoms with Crippen molar-refractivity contribution in [2.75, 3.05) is 13.2 Å². The Bertz CT molecular complexity index is 536. The van der Waals surface area contributed by atoms with Gasteiger partial charge in [-0.05, 0) is 24.3 Å². The molecule has 104 valence electrons. The van der Waals surface area contributed by atoms with Crippen LogP contribution < -0.4 is 9.46 Å². The van der Waals surface area contributed by atoms with Crippen LogP contribution in [0.5, 0.6) is 5.75 Å². The molecule has 0 amide bonds. The largest absolute Gasteiger partial charge is 0.493 e. The summed E-state index contributed by atoms with van der Waals surface area (Å²) in [4.78, 5) is 10.4. The Morgan fingerprint density at radius 1 is 1.37 bits per heavy atom. The molecule has 0 spiro atoms. The Hall–Kier alpha value is -1.86. The standard InChI is InChI=1S/C12H15NO5S/c1-2-8-13-19(16,17)11-5-3-10(4-6-11)18-9-7-12(14)15/h2-6,13H,1,7-9H2,(H,14,15). The maximum Gasteiger partial charge on any atom is 0.306 e. The number of sulfonamides is 1. The molecule has 1 aromatic carbocycles. The topological polar surface area (TPSA) is 92.7 Å². The highest BCUT2D eigenvalue weighted by molar-refractivity contribution is 7.89. The molecule has 1 aromatic rings.